The number of ether oxygens (including phenoxy) is 1. The third-order valence-electron chi connectivity index (χ3n) is 7.16. The number of pyridine rings is 1. The quantitative estimate of drug-likeness (QED) is 0.198. The topological polar surface area (TPSA) is 93.9 Å². The Morgan fingerprint density at radius 1 is 0.854 bits per heavy atom. The summed E-state index contributed by atoms with van der Waals surface area (Å²) in [4.78, 5) is 18.1. The zero-order valence-electron chi connectivity index (χ0n) is 22.7. The van der Waals surface area contributed by atoms with Gasteiger partial charge in [0.25, 0.3) is 0 Å². The molecular formula is C35H30N4O2. The zero-order valence-corrected chi connectivity index (χ0v) is 22.7. The summed E-state index contributed by atoms with van der Waals surface area (Å²) in [5, 5.41) is 8.48. The number of hydrogen-bond donors (Lipinski definition) is 2. The van der Waals surface area contributed by atoms with Gasteiger partial charge in [-0.2, -0.15) is 5.10 Å². The van der Waals surface area contributed by atoms with Crippen molar-refractivity contribution in [2.45, 2.75) is 19.4 Å². The lowest BCUT2D eigenvalue weighted by atomic mass is 9.95. The van der Waals surface area contributed by atoms with Crippen LogP contribution in [0.25, 0.3) is 33.3 Å². The van der Waals surface area contributed by atoms with Crippen molar-refractivity contribution in [3.05, 3.63) is 138 Å². The molecule has 6 rings (SSSR count). The molecule has 6 heteroatoms. The van der Waals surface area contributed by atoms with Crippen LogP contribution in [-0.2, 0) is 6.42 Å². The van der Waals surface area contributed by atoms with Crippen LogP contribution < -0.4 is 10.5 Å². The highest BCUT2D eigenvalue weighted by molar-refractivity contribution is 6.09. The molecule has 0 spiro atoms. The first-order valence-corrected chi connectivity index (χ1v) is 13.6. The van der Waals surface area contributed by atoms with Crippen molar-refractivity contribution in [1.82, 2.24) is 15.2 Å². The van der Waals surface area contributed by atoms with Crippen LogP contribution in [0.2, 0.25) is 0 Å². The Hall–Kier alpha value is -5.07. The van der Waals surface area contributed by atoms with E-state index in [2.05, 4.69) is 28.4 Å². The second kappa shape index (κ2) is 11.6. The number of aryl methyl sites for hydroxylation is 1. The molecule has 202 valence electrons. The van der Waals surface area contributed by atoms with E-state index >= 15 is 0 Å². The molecule has 1 atom stereocenters. The Morgan fingerprint density at radius 3 is 2.41 bits per heavy atom. The van der Waals surface area contributed by atoms with Gasteiger partial charge < -0.3 is 10.5 Å². The van der Waals surface area contributed by atoms with Crippen LogP contribution in [0.4, 0.5) is 0 Å². The summed E-state index contributed by atoms with van der Waals surface area (Å²) in [5.41, 5.74) is 14.2. The molecule has 0 fully saturated rings. The second-order valence-corrected chi connectivity index (χ2v) is 10.2. The van der Waals surface area contributed by atoms with Crippen molar-refractivity contribution in [3.63, 3.8) is 0 Å². The van der Waals surface area contributed by atoms with E-state index in [1.165, 1.54) is 5.56 Å². The van der Waals surface area contributed by atoms with Crippen molar-refractivity contribution in [1.29, 1.82) is 0 Å². The van der Waals surface area contributed by atoms with Gasteiger partial charge in [-0.15, -0.1) is 0 Å². The van der Waals surface area contributed by atoms with Gasteiger partial charge in [-0.25, -0.2) is 0 Å². The molecule has 6 nitrogen and oxygen atoms in total. The van der Waals surface area contributed by atoms with Crippen LogP contribution in [-0.4, -0.2) is 33.6 Å². The predicted octanol–water partition coefficient (Wildman–Crippen LogP) is 6.78. The van der Waals surface area contributed by atoms with E-state index in [9.17, 15) is 4.79 Å². The van der Waals surface area contributed by atoms with Crippen molar-refractivity contribution >= 4 is 16.7 Å². The van der Waals surface area contributed by atoms with E-state index in [0.29, 0.717) is 23.5 Å². The summed E-state index contributed by atoms with van der Waals surface area (Å²) in [6.07, 6.45) is 2.44. The molecule has 2 heterocycles. The fourth-order valence-electron chi connectivity index (χ4n) is 5.02. The number of carbonyl (C=O) groups is 1. The number of hydrogen-bond acceptors (Lipinski definition) is 5. The minimum Gasteiger partial charge on any atom is -0.490 e. The summed E-state index contributed by atoms with van der Waals surface area (Å²) in [7, 11) is 0. The predicted molar refractivity (Wildman–Crippen MR) is 163 cm³/mol. The lowest BCUT2D eigenvalue weighted by Gasteiger charge is -2.16. The van der Waals surface area contributed by atoms with Crippen LogP contribution in [0.3, 0.4) is 0 Å². The normalized spacial score (nSPS) is 11.9. The maximum absolute atomic E-state index is 13.2. The molecule has 0 unspecified atom stereocenters. The fourth-order valence-corrected chi connectivity index (χ4v) is 5.02. The third kappa shape index (κ3) is 5.78. The minimum absolute atomic E-state index is 0.0307. The molecule has 0 radical (unpaired) electrons. The van der Waals surface area contributed by atoms with E-state index in [1.54, 1.807) is 6.20 Å². The lowest BCUT2D eigenvalue weighted by molar-refractivity contribution is 0.103. The van der Waals surface area contributed by atoms with Gasteiger partial charge in [0, 0.05) is 39.4 Å². The fraction of sp³-hybridized carbons (Fsp3) is 0.114. The molecule has 41 heavy (non-hydrogen) atoms. The number of H-pyrrole nitrogens is 1. The largest absolute Gasteiger partial charge is 0.490 e. The van der Waals surface area contributed by atoms with Crippen LogP contribution in [0, 0.1) is 6.92 Å². The smallest absolute Gasteiger partial charge is 0.193 e. The van der Waals surface area contributed by atoms with Gasteiger partial charge in [-0.1, -0.05) is 84.9 Å². The van der Waals surface area contributed by atoms with Crippen LogP contribution in [0.5, 0.6) is 5.75 Å². The van der Waals surface area contributed by atoms with Crippen molar-refractivity contribution in [3.8, 4) is 28.1 Å². The Labute approximate surface area is 238 Å². The van der Waals surface area contributed by atoms with Gasteiger partial charge in [0.2, 0.25) is 0 Å². The Balaban J connectivity index is 1.35. The number of aromatic nitrogens is 3. The molecule has 0 aliphatic carbocycles. The SMILES string of the molecule is Cc1[nH]nc2ccc(-c3cc(OC[C@H](N)Cc4ccccc4)cnc3-c3cccc(C(=O)c4ccccc4)c3)cc12. The van der Waals surface area contributed by atoms with E-state index in [4.69, 9.17) is 15.5 Å². The molecule has 0 saturated heterocycles. The van der Waals surface area contributed by atoms with Gasteiger partial charge >= 0.3 is 0 Å². The van der Waals surface area contributed by atoms with E-state index in [0.717, 1.165) is 45.4 Å². The first kappa shape index (κ1) is 26.2. The molecule has 0 aliphatic rings. The summed E-state index contributed by atoms with van der Waals surface area (Å²) in [6, 6.07) is 35.1. The highest BCUT2D eigenvalue weighted by atomic mass is 16.5. The number of carbonyl (C=O) groups excluding carboxylic acids is 1. The van der Waals surface area contributed by atoms with Gasteiger partial charge in [-0.3, -0.25) is 14.9 Å². The molecule has 0 bridgehead atoms. The molecule has 6 aromatic rings. The third-order valence-corrected chi connectivity index (χ3v) is 7.16. The van der Waals surface area contributed by atoms with E-state index < -0.39 is 0 Å². The van der Waals surface area contributed by atoms with Gasteiger partial charge in [-0.05, 0) is 48.7 Å². The van der Waals surface area contributed by atoms with Crippen LogP contribution >= 0.6 is 0 Å². The van der Waals surface area contributed by atoms with E-state index in [1.807, 2.05) is 97.9 Å². The monoisotopic (exact) mass is 538 g/mol. The molecule has 0 saturated carbocycles. The second-order valence-electron chi connectivity index (χ2n) is 10.2. The first-order valence-electron chi connectivity index (χ1n) is 13.6. The maximum Gasteiger partial charge on any atom is 0.193 e. The van der Waals surface area contributed by atoms with E-state index in [-0.39, 0.29) is 11.8 Å². The summed E-state index contributed by atoms with van der Waals surface area (Å²) < 4.78 is 6.15. The number of fused-ring (bicyclic) bond motifs is 1. The first-order chi connectivity index (χ1) is 20.0. The number of ketones is 1. The Morgan fingerprint density at radius 2 is 1.61 bits per heavy atom. The number of nitrogens with one attached hydrogen (secondary N) is 1. The van der Waals surface area contributed by atoms with Gasteiger partial charge in [0.1, 0.15) is 12.4 Å². The average Bonchev–Trinajstić information content (AvgIpc) is 3.40. The number of nitrogens with zero attached hydrogens (tertiary/aromatic N) is 2. The summed E-state index contributed by atoms with van der Waals surface area (Å²) in [5.74, 6) is 0.601. The van der Waals surface area contributed by atoms with Crippen molar-refractivity contribution in [2.75, 3.05) is 6.61 Å². The highest BCUT2D eigenvalue weighted by Gasteiger charge is 2.16. The summed E-state index contributed by atoms with van der Waals surface area (Å²) in [6.45, 7) is 2.36. The molecule has 3 N–H and O–H groups in total. The Kier molecular flexibility index (Phi) is 7.39. The number of aromatic amines is 1. The number of rotatable bonds is 9. The van der Waals surface area contributed by atoms with Crippen molar-refractivity contribution < 1.29 is 9.53 Å². The zero-order chi connectivity index (χ0) is 28.2. The van der Waals surface area contributed by atoms with Gasteiger partial charge in [0.15, 0.2) is 5.78 Å². The number of nitrogens with two attached hydrogens (primary N) is 1. The molecular weight excluding hydrogens is 508 g/mol. The molecule has 4 aromatic carbocycles. The number of benzene rings is 4. The summed E-state index contributed by atoms with van der Waals surface area (Å²) >= 11 is 0. The average molecular weight is 539 g/mol. The van der Waals surface area contributed by atoms with Crippen molar-refractivity contribution in [2.24, 2.45) is 5.73 Å². The molecule has 2 aromatic heterocycles. The molecule has 0 aliphatic heterocycles. The lowest BCUT2D eigenvalue weighted by Crippen LogP contribution is -2.30. The maximum atomic E-state index is 13.2. The Bertz CT molecular complexity index is 1810. The van der Waals surface area contributed by atoms with Crippen LogP contribution in [0.1, 0.15) is 27.2 Å². The highest BCUT2D eigenvalue weighted by Crippen LogP contribution is 2.35. The standard InChI is InChI=1S/C35H30N4O2/c1-23-31-19-26(15-16-33(31)39-38-23)32-20-30(41-22-29(36)17-24-9-4-2-5-10-24)21-37-34(32)27-13-8-14-28(18-27)35(40)25-11-6-3-7-12-25/h2-16,18-21,29H,17,22,36H2,1H3,(H,38,39)/t29-/m1/s1. The molecule has 0 amide bonds. The van der Waals surface area contributed by atoms with Gasteiger partial charge in [0.05, 0.1) is 17.4 Å². The minimum atomic E-state index is -0.161. The van der Waals surface area contributed by atoms with Crippen LogP contribution in [0.15, 0.2) is 115 Å².